The lowest BCUT2D eigenvalue weighted by atomic mass is 10.2. The maximum atomic E-state index is 10.9. The van der Waals surface area contributed by atoms with Gasteiger partial charge >= 0.3 is 0 Å². The van der Waals surface area contributed by atoms with Crippen molar-refractivity contribution < 1.29 is 8.42 Å². The highest BCUT2D eigenvalue weighted by Gasteiger charge is 2.10. The van der Waals surface area contributed by atoms with Crippen molar-refractivity contribution in [2.75, 3.05) is 0 Å². The van der Waals surface area contributed by atoms with E-state index in [0.29, 0.717) is 10.5 Å². The van der Waals surface area contributed by atoms with Crippen LogP contribution in [0.4, 0.5) is 0 Å². The van der Waals surface area contributed by atoms with Crippen molar-refractivity contribution in [2.45, 2.75) is 16.7 Å². The van der Waals surface area contributed by atoms with Crippen LogP contribution >= 0.6 is 12.6 Å². The first kappa shape index (κ1) is 9.44. The molecule has 0 saturated carbocycles. The molecule has 0 aliphatic heterocycles. The summed E-state index contributed by atoms with van der Waals surface area (Å²) in [7, 11) is -3.60. The number of sulfonamides is 1. The van der Waals surface area contributed by atoms with E-state index in [9.17, 15) is 8.42 Å². The van der Waals surface area contributed by atoms with Crippen LogP contribution in [0.1, 0.15) is 5.56 Å². The summed E-state index contributed by atoms with van der Waals surface area (Å²) in [4.78, 5) is 0.746. The van der Waals surface area contributed by atoms with E-state index in [1.54, 1.807) is 19.1 Å². The lowest BCUT2D eigenvalue weighted by molar-refractivity contribution is 0.597. The van der Waals surface area contributed by atoms with Crippen LogP contribution in [-0.2, 0) is 10.0 Å². The van der Waals surface area contributed by atoms with Gasteiger partial charge in [-0.15, -0.1) is 0 Å². The molecule has 0 spiro atoms. The van der Waals surface area contributed by atoms with Gasteiger partial charge in [-0.05, 0) is 30.7 Å². The lowest BCUT2D eigenvalue weighted by Crippen LogP contribution is -2.13. The van der Waals surface area contributed by atoms with Crippen molar-refractivity contribution in [3.63, 3.8) is 0 Å². The Kier molecular flexibility index (Phi) is 2.36. The molecule has 1 aromatic carbocycles. The van der Waals surface area contributed by atoms with Gasteiger partial charge in [-0.2, -0.15) is 0 Å². The fourth-order valence-electron chi connectivity index (χ4n) is 0.941. The van der Waals surface area contributed by atoms with Crippen LogP contribution in [0.5, 0.6) is 0 Å². The Morgan fingerprint density at radius 3 is 2.42 bits per heavy atom. The molecule has 0 unspecified atom stereocenters. The molecule has 0 amide bonds. The van der Waals surface area contributed by atoms with Crippen molar-refractivity contribution >= 4 is 22.7 Å². The first-order chi connectivity index (χ1) is 5.41. The molecular formula is C7H8NO2S2. The van der Waals surface area contributed by atoms with Crippen LogP contribution in [0.15, 0.2) is 28.0 Å². The Morgan fingerprint density at radius 2 is 2.00 bits per heavy atom. The Hall–Kier alpha value is -0.650. The molecule has 0 heterocycles. The Morgan fingerprint density at radius 1 is 1.42 bits per heavy atom. The summed E-state index contributed by atoms with van der Waals surface area (Å²) < 4.78 is 21.8. The van der Waals surface area contributed by atoms with E-state index in [0.717, 1.165) is 0 Å². The molecule has 2 N–H and O–H groups in total. The smallest absolute Gasteiger partial charge is 0.225 e. The number of nitrogens with two attached hydrogens (primary N) is 1. The third-order valence-corrected chi connectivity index (χ3v) is 2.78. The molecule has 3 nitrogen and oxygen atoms in total. The first-order valence-electron chi connectivity index (χ1n) is 3.22. The fraction of sp³-hybridized carbons (Fsp3) is 0.143. The average molecular weight is 202 g/mol. The van der Waals surface area contributed by atoms with Gasteiger partial charge in [-0.3, -0.25) is 0 Å². The van der Waals surface area contributed by atoms with Gasteiger partial charge < -0.3 is 0 Å². The summed E-state index contributed by atoms with van der Waals surface area (Å²) in [6.07, 6.45) is 0. The zero-order valence-electron chi connectivity index (χ0n) is 6.44. The van der Waals surface area contributed by atoms with Gasteiger partial charge in [-0.1, -0.05) is 12.6 Å². The summed E-state index contributed by atoms with van der Waals surface area (Å²) in [5.74, 6) is 0. The highest BCUT2D eigenvalue weighted by molar-refractivity contribution is 7.89. The van der Waals surface area contributed by atoms with E-state index >= 15 is 0 Å². The molecule has 0 saturated heterocycles. The normalized spacial score (nSPS) is 11.5. The van der Waals surface area contributed by atoms with Crippen molar-refractivity contribution in [2.24, 2.45) is 5.14 Å². The average Bonchev–Trinajstić information content (AvgIpc) is 1.83. The minimum Gasteiger partial charge on any atom is -0.225 e. The van der Waals surface area contributed by atoms with Gasteiger partial charge in [0.15, 0.2) is 0 Å². The largest absolute Gasteiger partial charge is 0.238 e. The summed E-state index contributed by atoms with van der Waals surface area (Å²) in [5, 5.41) is 4.95. The predicted molar refractivity (Wildman–Crippen MR) is 48.4 cm³/mol. The summed E-state index contributed by atoms with van der Waals surface area (Å²) in [6.45, 7) is 1.66. The maximum Gasteiger partial charge on any atom is 0.238 e. The number of primary sulfonamides is 1. The topological polar surface area (TPSA) is 60.2 Å². The second-order valence-electron chi connectivity index (χ2n) is 2.47. The summed E-state index contributed by atoms with van der Waals surface area (Å²) >= 11 is 4.85. The molecule has 1 radical (unpaired) electrons. The van der Waals surface area contributed by atoms with Crippen LogP contribution in [-0.4, -0.2) is 8.42 Å². The van der Waals surface area contributed by atoms with Gasteiger partial charge in [-0.25, -0.2) is 13.6 Å². The van der Waals surface area contributed by atoms with Crippen molar-refractivity contribution in [3.05, 3.63) is 23.8 Å². The van der Waals surface area contributed by atoms with Crippen LogP contribution in [0.3, 0.4) is 0 Å². The highest BCUT2D eigenvalue weighted by atomic mass is 32.2. The summed E-state index contributed by atoms with van der Waals surface area (Å²) in [6, 6.07) is 4.57. The Labute approximate surface area is 77.1 Å². The third kappa shape index (κ3) is 1.94. The van der Waals surface area contributed by atoms with Gasteiger partial charge in [0.2, 0.25) is 10.0 Å². The number of hydrogen-bond donors (Lipinski definition) is 1. The lowest BCUT2D eigenvalue weighted by Gasteiger charge is -2.02. The van der Waals surface area contributed by atoms with Gasteiger partial charge in [0.05, 0.1) is 4.90 Å². The molecule has 5 heteroatoms. The van der Waals surface area contributed by atoms with E-state index in [1.165, 1.54) is 6.07 Å². The standard InChI is InChI=1S/C7H8NO2S2/c1-5-4-6(11)2-3-7(5)12(8,9)10/h2-4H,1H3,(H2,8,9,10). The van der Waals surface area contributed by atoms with Gasteiger partial charge in [0.1, 0.15) is 0 Å². The Balaban J connectivity index is 3.39. The molecule has 1 aromatic rings. The maximum absolute atomic E-state index is 10.9. The summed E-state index contributed by atoms with van der Waals surface area (Å²) in [5.41, 5.74) is 0.588. The number of benzene rings is 1. The molecule has 0 atom stereocenters. The quantitative estimate of drug-likeness (QED) is 0.743. The predicted octanol–water partition coefficient (Wildman–Crippen LogP) is 1.20. The van der Waals surface area contributed by atoms with Crippen LogP contribution in [0.2, 0.25) is 0 Å². The molecule has 0 aliphatic rings. The molecule has 12 heavy (non-hydrogen) atoms. The molecule has 0 aliphatic carbocycles. The van der Waals surface area contributed by atoms with Crippen LogP contribution in [0, 0.1) is 6.92 Å². The van der Waals surface area contributed by atoms with E-state index in [2.05, 4.69) is 0 Å². The van der Waals surface area contributed by atoms with E-state index in [-0.39, 0.29) is 4.90 Å². The zero-order chi connectivity index (χ0) is 9.35. The molecule has 0 aromatic heterocycles. The zero-order valence-corrected chi connectivity index (χ0v) is 8.08. The monoisotopic (exact) mass is 202 g/mol. The Bertz CT molecular complexity index is 398. The van der Waals surface area contributed by atoms with Crippen LogP contribution < -0.4 is 5.14 Å². The fourth-order valence-corrected chi connectivity index (χ4v) is 1.95. The van der Waals surface area contributed by atoms with Crippen molar-refractivity contribution in [3.8, 4) is 0 Å². The van der Waals surface area contributed by atoms with E-state index in [1.807, 2.05) is 0 Å². The highest BCUT2D eigenvalue weighted by Crippen LogP contribution is 2.16. The molecule has 1 rings (SSSR count). The van der Waals surface area contributed by atoms with Gasteiger partial charge in [0, 0.05) is 4.90 Å². The third-order valence-electron chi connectivity index (χ3n) is 1.45. The second kappa shape index (κ2) is 3.01. The van der Waals surface area contributed by atoms with Crippen LogP contribution in [0.25, 0.3) is 0 Å². The minimum atomic E-state index is -3.60. The molecule has 65 valence electrons. The molecular weight excluding hydrogens is 194 g/mol. The van der Waals surface area contributed by atoms with E-state index in [4.69, 9.17) is 17.8 Å². The number of rotatable bonds is 1. The molecule has 0 fully saturated rings. The minimum absolute atomic E-state index is 0.135. The van der Waals surface area contributed by atoms with Crippen molar-refractivity contribution in [1.82, 2.24) is 0 Å². The first-order valence-corrected chi connectivity index (χ1v) is 5.17. The van der Waals surface area contributed by atoms with E-state index < -0.39 is 10.0 Å². The van der Waals surface area contributed by atoms with Crippen molar-refractivity contribution in [1.29, 1.82) is 0 Å². The second-order valence-corrected chi connectivity index (χ2v) is 4.47. The number of aryl methyl sites for hydroxylation is 1. The van der Waals surface area contributed by atoms with Gasteiger partial charge in [0.25, 0.3) is 0 Å². The molecule has 0 bridgehead atoms. The number of hydrogen-bond acceptors (Lipinski definition) is 2. The SMILES string of the molecule is Cc1cc([S])ccc1S(N)(=O)=O.